The Morgan fingerprint density at radius 1 is 0.489 bits per heavy atom. The summed E-state index contributed by atoms with van der Waals surface area (Å²) in [5, 5.41) is 23.4. The number of aliphatic hydroxyl groups is 2. The van der Waals surface area contributed by atoms with Gasteiger partial charge in [0.1, 0.15) is 6.10 Å². The van der Waals surface area contributed by atoms with Crippen molar-refractivity contribution in [2.75, 3.05) is 6.61 Å². The minimum atomic E-state index is -1.38. The first kappa shape index (κ1) is 44.1. The number of hydrogen-bond donors (Lipinski definition) is 3. The van der Waals surface area contributed by atoms with E-state index in [0.717, 1.165) is 38.5 Å². The molecule has 0 rings (SSSR count). The molecule has 0 aliphatic rings. The lowest BCUT2D eigenvalue weighted by molar-refractivity contribution is -0.135. The van der Waals surface area contributed by atoms with Crippen LogP contribution in [0.1, 0.15) is 226 Å². The van der Waals surface area contributed by atoms with E-state index in [2.05, 4.69) is 19.2 Å². The summed E-state index contributed by atoms with van der Waals surface area (Å²) in [6, 6.07) is 0. The fourth-order valence-electron chi connectivity index (χ4n) is 6.39. The van der Waals surface area contributed by atoms with Crippen LogP contribution in [0, 0.1) is 0 Å². The zero-order chi connectivity index (χ0) is 33.3. The Morgan fingerprint density at radius 2 is 0.756 bits per heavy atom. The van der Waals surface area contributed by atoms with Crippen molar-refractivity contribution in [2.24, 2.45) is 0 Å². The number of ketones is 1. The molecule has 0 aliphatic heterocycles. The predicted molar refractivity (Wildman–Crippen MR) is 194 cm³/mol. The number of rotatable bonds is 36. The third-order valence-corrected chi connectivity index (χ3v) is 9.70. The third kappa shape index (κ3) is 27.8. The number of nitrogens with one attached hydrogen (secondary N) is 1. The zero-order valence-electron chi connectivity index (χ0n) is 30.6. The third-order valence-electron chi connectivity index (χ3n) is 9.70. The predicted octanol–water partition coefficient (Wildman–Crippen LogP) is 11.3. The minimum absolute atomic E-state index is 0.194. The van der Waals surface area contributed by atoms with Gasteiger partial charge in [0, 0.05) is 12.8 Å². The highest BCUT2D eigenvalue weighted by molar-refractivity contribution is 5.86. The van der Waals surface area contributed by atoms with Crippen LogP contribution in [-0.2, 0) is 9.59 Å². The summed E-state index contributed by atoms with van der Waals surface area (Å²) < 4.78 is 0. The first-order chi connectivity index (χ1) is 21.9. The van der Waals surface area contributed by atoms with Gasteiger partial charge in [-0.3, -0.25) is 9.59 Å². The first-order valence-corrected chi connectivity index (χ1v) is 20.0. The quantitative estimate of drug-likeness (QED) is 0.0597. The minimum Gasteiger partial charge on any atom is -0.394 e. The van der Waals surface area contributed by atoms with E-state index in [0.29, 0.717) is 12.8 Å². The smallest absolute Gasteiger partial charge is 0.220 e. The number of aliphatic hydroxyl groups excluding tert-OH is 2. The number of carbonyl (C=O) groups is 2. The van der Waals surface area contributed by atoms with Gasteiger partial charge >= 0.3 is 0 Å². The molecule has 0 aromatic rings. The van der Waals surface area contributed by atoms with Crippen molar-refractivity contribution in [3.63, 3.8) is 0 Å². The molecule has 1 amide bonds. The van der Waals surface area contributed by atoms with Crippen LogP contribution in [0.25, 0.3) is 0 Å². The lowest BCUT2D eigenvalue weighted by atomic mass is 9.90. The van der Waals surface area contributed by atoms with Crippen LogP contribution >= 0.6 is 0 Å². The van der Waals surface area contributed by atoms with E-state index < -0.39 is 18.2 Å². The summed E-state index contributed by atoms with van der Waals surface area (Å²) in [5.74, 6) is -0.478. The molecule has 0 radical (unpaired) electrons. The molecule has 268 valence electrons. The van der Waals surface area contributed by atoms with Crippen LogP contribution in [0.4, 0.5) is 0 Å². The van der Waals surface area contributed by atoms with Crippen molar-refractivity contribution in [3.05, 3.63) is 0 Å². The number of carbonyl (C=O) groups excluding carboxylic acids is 2. The monoisotopic (exact) mass is 638 g/mol. The Morgan fingerprint density at radius 3 is 1.04 bits per heavy atom. The van der Waals surface area contributed by atoms with Crippen molar-refractivity contribution >= 4 is 11.7 Å². The van der Waals surface area contributed by atoms with E-state index in [4.69, 9.17) is 0 Å². The van der Waals surface area contributed by atoms with Crippen molar-refractivity contribution < 1.29 is 19.8 Å². The maximum atomic E-state index is 12.7. The maximum Gasteiger partial charge on any atom is 0.220 e. The largest absolute Gasteiger partial charge is 0.394 e. The molecular formula is C40H79NO4. The van der Waals surface area contributed by atoms with E-state index in [1.807, 2.05) is 0 Å². The van der Waals surface area contributed by atoms with Crippen LogP contribution < -0.4 is 5.32 Å². The van der Waals surface area contributed by atoms with Gasteiger partial charge < -0.3 is 15.5 Å². The summed E-state index contributed by atoms with van der Waals surface area (Å²) in [6.07, 6.45) is 37.5. The lowest BCUT2D eigenvalue weighted by Crippen LogP contribution is -2.59. The molecule has 0 aromatic heterocycles. The Balaban J connectivity index is 3.77. The van der Waals surface area contributed by atoms with Gasteiger partial charge in [0.2, 0.25) is 5.91 Å². The highest BCUT2D eigenvalue weighted by Crippen LogP contribution is 2.18. The van der Waals surface area contributed by atoms with Gasteiger partial charge in [-0.05, 0) is 19.8 Å². The molecule has 3 N–H and O–H groups in total. The summed E-state index contributed by atoms with van der Waals surface area (Å²) in [6.45, 7) is 5.66. The molecule has 2 atom stereocenters. The van der Waals surface area contributed by atoms with Crippen molar-refractivity contribution in [3.8, 4) is 0 Å². The number of hydrogen-bond acceptors (Lipinski definition) is 4. The van der Waals surface area contributed by atoms with E-state index in [9.17, 15) is 19.8 Å². The fourth-order valence-corrected chi connectivity index (χ4v) is 6.39. The van der Waals surface area contributed by atoms with E-state index in [1.54, 1.807) is 6.92 Å². The van der Waals surface area contributed by atoms with E-state index >= 15 is 0 Å². The normalized spacial score (nSPS) is 13.5. The molecule has 5 nitrogen and oxygen atoms in total. The maximum absolute atomic E-state index is 12.7. The molecule has 0 saturated heterocycles. The second kappa shape index (κ2) is 33.0. The van der Waals surface area contributed by atoms with Gasteiger partial charge in [-0.2, -0.15) is 0 Å². The molecule has 0 saturated carbocycles. The van der Waals surface area contributed by atoms with Gasteiger partial charge in [-0.15, -0.1) is 0 Å². The Labute approximate surface area is 280 Å². The lowest BCUT2D eigenvalue weighted by Gasteiger charge is -2.33. The molecule has 2 unspecified atom stereocenters. The van der Waals surface area contributed by atoms with Crippen LogP contribution in [0.3, 0.4) is 0 Å². The Bertz CT molecular complexity index is 654. The van der Waals surface area contributed by atoms with Gasteiger partial charge in [0.15, 0.2) is 5.78 Å². The summed E-state index contributed by atoms with van der Waals surface area (Å²) in [5.41, 5.74) is -1.32. The number of Topliss-reactive ketones (excluding diaryl/α,β-unsaturated/α-hetero) is 1. The molecule has 0 aliphatic carbocycles. The van der Waals surface area contributed by atoms with Crippen LogP contribution in [0.2, 0.25) is 0 Å². The van der Waals surface area contributed by atoms with Crippen LogP contribution in [0.15, 0.2) is 0 Å². The summed E-state index contributed by atoms with van der Waals surface area (Å²) in [7, 11) is 0. The average Bonchev–Trinajstić information content (AvgIpc) is 3.04. The van der Waals surface area contributed by atoms with Crippen molar-refractivity contribution in [1.29, 1.82) is 0 Å². The first-order valence-electron chi connectivity index (χ1n) is 20.0. The number of amides is 1. The fraction of sp³-hybridized carbons (Fsp3) is 0.950. The van der Waals surface area contributed by atoms with Gasteiger partial charge in [-0.1, -0.05) is 194 Å². The molecule has 0 bridgehead atoms. The summed E-state index contributed by atoms with van der Waals surface area (Å²) >= 11 is 0. The van der Waals surface area contributed by atoms with Gasteiger partial charge in [-0.25, -0.2) is 0 Å². The van der Waals surface area contributed by atoms with Crippen LogP contribution in [0.5, 0.6) is 0 Å². The van der Waals surface area contributed by atoms with E-state index in [-0.39, 0.29) is 11.7 Å². The highest BCUT2D eigenvalue weighted by Gasteiger charge is 2.38. The summed E-state index contributed by atoms with van der Waals surface area (Å²) in [4.78, 5) is 25.2. The Hall–Kier alpha value is -0.940. The Kier molecular flexibility index (Phi) is 32.3. The molecule has 0 aromatic carbocycles. The van der Waals surface area contributed by atoms with Crippen molar-refractivity contribution in [1.82, 2.24) is 5.32 Å². The zero-order valence-corrected chi connectivity index (χ0v) is 30.6. The molecule has 0 heterocycles. The van der Waals surface area contributed by atoms with E-state index in [1.165, 1.54) is 154 Å². The molecular weight excluding hydrogens is 558 g/mol. The van der Waals surface area contributed by atoms with Crippen molar-refractivity contribution in [2.45, 2.75) is 238 Å². The second-order valence-electron chi connectivity index (χ2n) is 14.4. The standard InChI is InChI=1S/C40H79NO4/c1-4-6-8-10-12-14-16-18-20-22-24-26-28-30-32-34-37(43)39(45)40(3,36-42)41-38(44)35-33-31-29-27-25-23-21-19-17-15-13-11-9-7-5-2/h39,42,45H,4-36H2,1-3H3,(H,41,44). The molecule has 45 heavy (non-hydrogen) atoms. The SMILES string of the molecule is CCCCCCCCCCCCCCCCCC(=O)NC(C)(CO)C(O)C(=O)CCCCCCCCCCCCCCCCC. The highest BCUT2D eigenvalue weighted by atomic mass is 16.3. The van der Waals surface area contributed by atoms with Gasteiger partial charge in [0.05, 0.1) is 12.1 Å². The topological polar surface area (TPSA) is 86.6 Å². The van der Waals surface area contributed by atoms with Crippen LogP contribution in [-0.4, -0.2) is 40.2 Å². The van der Waals surface area contributed by atoms with Gasteiger partial charge in [0.25, 0.3) is 0 Å². The molecule has 0 spiro atoms. The average molecular weight is 638 g/mol. The second-order valence-corrected chi connectivity index (χ2v) is 14.4. The number of unbranched alkanes of at least 4 members (excludes halogenated alkanes) is 28. The molecule has 5 heteroatoms. The molecule has 0 fully saturated rings.